The summed E-state index contributed by atoms with van der Waals surface area (Å²) in [5.74, 6) is -0.00175. The standard InChI is InChI=1S/C15H28O2/c1-5-6-7-8-9-13(2)10-11-15(3,4)12-14(16)17/h6-7,13H,5,8-12H2,1-4H3,(H,16,17)/b7-6+. The highest BCUT2D eigenvalue weighted by Gasteiger charge is 2.22. The molecule has 0 saturated carbocycles. The third-order valence-corrected chi connectivity index (χ3v) is 3.17. The fourth-order valence-electron chi connectivity index (χ4n) is 1.94. The summed E-state index contributed by atoms with van der Waals surface area (Å²) >= 11 is 0. The summed E-state index contributed by atoms with van der Waals surface area (Å²) in [7, 11) is 0. The van der Waals surface area contributed by atoms with Gasteiger partial charge < -0.3 is 5.11 Å². The fraction of sp³-hybridized carbons (Fsp3) is 0.800. The molecule has 0 rings (SSSR count). The second-order valence-corrected chi connectivity index (χ2v) is 5.84. The van der Waals surface area contributed by atoms with Crippen molar-refractivity contribution in [1.82, 2.24) is 0 Å². The van der Waals surface area contributed by atoms with Gasteiger partial charge in [0.2, 0.25) is 0 Å². The Labute approximate surface area is 106 Å². The molecule has 100 valence electrons. The molecule has 0 aliphatic rings. The second kappa shape index (κ2) is 8.32. The molecule has 0 heterocycles. The molecule has 1 unspecified atom stereocenters. The van der Waals surface area contributed by atoms with Crippen LogP contribution in [0.15, 0.2) is 12.2 Å². The maximum Gasteiger partial charge on any atom is 0.303 e. The van der Waals surface area contributed by atoms with E-state index in [9.17, 15) is 4.79 Å². The van der Waals surface area contributed by atoms with Crippen LogP contribution in [0.4, 0.5) is 0 Å². The largest absolute Gasteiger partial charge is 0.481 e. The first kappa shape index (κ1) is 16.2. The highest BCUT2D eigenvalue weighted by atomic mass is 16.4. The summed E-state index contributed by atoms with van der Waals surface area (Å²) in [6.07, 6.45) is 10.3. The maximum absolute atomic E-state index is 10.7. The van der Waals surface area contributed by atoms with Gasteiger partial charge in [0.05, 0.1) is 6.42 Å². The van der Waals surface area contributed by atoms with Gasteiger partial charge in [-0.15, -0.1) is 0 Å². The SMILES string of the molecule is CC/C=C/CCC(C)CCC(C)(C)CC(=O)O. The van der Waals surface area contributed by atoms with E-state index in [4.69, 9.17) is 5.11 Å². The van der Waals surface area contributed by atoms with Crippen LogP contribution in [0.5, 0.6) is 0 Å². The van der Waals surface area contributed by atoms with Crippen LogP contribution in [0.3, 0.4) is 0 Å². The first-order chi connectivity index (χ1) is 7.87. The summed E-state index contributed by atoms with van der Waals surface area (Å²) in [6, 6.07) is 0. The predicted octanol–water partition coefficient (Wildman–Crippen LogP) is 4.65. The summed E-state index contributed by atoms with van der Waals surface area (Å²) in [6.45, 7) is 8.50. The first-order valence-electron chi connectivity index (χ1n) is 6.74. The van der Waals surface area contributed by atoms with Crippen LogP contribution in [0.25, 0.3) is 0 Å². The lowest BCUT2D eigenvalue weighted by Gasteiger charge is -2.24. The molecular weight excluding hydrogens is 212 g/mol. The molecule has 2 nitrogen and oxygen atoms in total. The Balaban J connectivity index is 3.78. The van der Waals surface area contributed by atoms with Crippen LogP contribution >= 0.6 is 0 Å². The zero-order chi connectivity index (χ0) is 13.3. The van der Waals surface area contributed by atoms with Gasteiger partial charge in [0.15, 0.2) is 0 Å². The highest BCUT2D eigenvalue weighted by molar-refractivity contribution is 5.67. The van der Waals surface area contributed by atoms with Crippen molar-refractivity contribution >= 4 is 5.97 Å². The Hall–Kier alpha value is -0.790. The first-order valence-corrected chi connectivity index (χ1v) is 6.74. The molecule has 0 amide bonds. The average molecular weight is 240 g/mol. The normalized spacial score (nSPS) is 14.1. The quantitative estimate of drug-likeness (QED) is 0.596. The van der Waals surface area contributed by atoms with E-state index >= 15 is 0 Å². The van der Waals surface area contributed by atoms with E-state index in [1.165, 1.54) is 6.42 Å². The van der Waals surface area contributed by atoms with Gasteiger partial charge in [0.1, 0.15) is 0 Å². The molecule has 0 fully saturated rings. The predicted molar refractivity (Wildman–Crippen MR) is 73.1 cm³/mol. The number of carboxylic acid groups (broad SMARTS) is 1. The molecule has 0 spiro atoms. The Bertz CT molecular complexity index is 241. The van der Waals surface area contributed by atoms with E-state index in [-0.39, 0.29) is 11.8 Å². The summed E-state index contributed by atoms with van der Waals surface area (Å²) < 4.78 is 0. The number of hydrogen-bond donors (Lipinski definition) is 1. The molecular formula is C15H28O2. The zero-order valence-electron chi connectivity index (χ0n) is 11.8. The molecule has 0 aromatic carbocycles. The lowest BCUT2D eigenvalue weighted by atomic mass is 9.81. The van der Waals surface area contributed by atoms with Crippen molar-refractivity contribution in [2.45, 2.75) is 66.2 Å². The van der Waals surface area contributed by atoms with Gasteiger partial charge in [-0.2, -0.15) is 0 Å². The van der Waals surface area contributed by atoms with Gasteiger partial charge in [0, 0.05) is 0 Å². The van der Waals surface area contributed by atoms with Crippen molar-refractivity contribution in [1.29, 1.82) is 0 Å². The van der Waals surface area contributed by atoms with Crippen LogP contribution in [0.2, 0.25) is 0 Å². The fourth-order valence-corrected chi connectivity index (χ4v) is 1.94. The van der Waals surface area contributed by atoms with Gasteiger partial charge >= 0.3 is 5.97 Å². The molecule has 1 atom stereocenters. The van der Waals surface area contributed by atoms with Gasteiger partial charge in [-0.1, -0.05) is 46.3 Å². The summed E-state index contributed by atoms with van der Waals surface area (Å²) in [5.41, 5.74) is -0.0701. The number of aliphatic carboxylic acids is 1. The maximum atomic E-state index is 10.7. The molecule has 17 heavy (non-hydrogen) atoms. The average Bonchev–Trinajstić information content (AvgIpc) is 2.20. The van der Waals surface area contributed by atoms with E-state index in [1.807, 2.05) is 13.8 Å². The van der Waals surface area contributed by atoms with E-state index in [2.05, 4.69) is 26.0 Å². The Morgan fingerprint density at radius 2 is 1.94 bits per heavy atom. The zero-order valence-corrected chi connectivity index (χ0v) is 11.8. The molecule has 0 aliphatic heterocycles. The topological polar surface area (TPSA) is 37.3 Å². The molecule has 0 aromatic heterocycles. The van der Waals surface area contributed by atoms with Crippen molar-refractivity contribution in [3.63, 3.8) is 0 Å². The minimum atomic E-state index is -0.687. The second-order valence-electron chi connectivity index (χ2n) is 5.84. The van der Waals surface area contributed by atoms with Crippen molar-refractivity contribution in [2.24, 2.45) is 11.3 Å². The molecule has 2 heteroatoms. The molecule has 0 aromatic rings. The lowest BCUT2D eigenvalue weighted by Crippen LogP contribution is -2.17. The molecule has 0 saturated heterocycles. The smallest absolute Gasteiger partial charge is 0.303 e. The van der Waals surface area contributed by atoms with E-state index in [0.29, 0.717) is 5.92 Å². The van der Waals surface area contributed by atoms with E-state index < -0.39 is 5.97 Å². The van der Waals surface area contributed by atoms with Crippen LogP contribution in [-0.4, -0.2) is 11.1 Å². The molecule has 0 radical (unpaired) electrons. The van der Waals surface area contributed by atoms with Crippen LogP contribution < -0.4 is 0 Å². The summed E-state index contributed by atoms with van der Waals surface area (Å²) in [5, 5.41) is 8.81. The number of hydrogen-bond acceptors (Lipinski definition) is 1. The highest BCUT2D eigenvalue weighted by Crippen LogP contribution is 2.29. The third-order valence-electron chi connectivity index (χ3n) is 3.17. The Kier molecular flexibility index (Phi) is 7.94. The molecule has 0 bridgehead atoms. The number of rotatable bonds is 9. The Morgan fingerprint density at radius 1 is 1.29 bits per heavy atom. The van der Waals surface area contributed by atoms with Crippen molar-refractivity contribution < 1.29 is 9.90 Å². The molecule has 0 aliphatic carbocycles. The van der Waals surface area contributed by atoms with Crippen LogP contribution in [-0.2, 0) is 4.79 Å². The third kappa shape index (κ3) is 10.1. The summed E-state index contributed by atoms with van der Waals surface area (Å²) in [4.78, 5) is 10.7. The Morgan fingerprint density at radius 3 is 2.47 bits per heavy atom. The van der Waals surface area contributed by atoms with E-state index in [1.54, 1.807) is 0 Å². The van der Waals surface area contributed by atoms with Crippen molar-refractivity contribution in [3.8, 4) is 0 Å². The van der Waals surface area contributed by atoms with Gasteiger partial charge in [-0.25, -0.2) is 0 Å². The van der Waals surface area contributed by atoms with Crippen LogP contribution in [0.1, 0.15) is 66.2 Å². The van der Waals surface area contributed by atoms with Crippen molar-refractivity contribution in [2.75, 3.05) is 0 Å². The minimum Gasteiger partial charge on any atom is -0.481 e. The monoisotopic (exact) mass is 240 g/mol. The van der Waals surface area contributed by atoms with Gasteiger partial charge in [0.25, 0.3) is 0 Å². The minimum absolute atomic E-state index is 0.0701. The van der Waals surface area contributed by atoms with Crippen molar-refractivity contribution in [3.05, 3.63) is 12.2 Å². The molecule has 1 N–H and O–H groups in total. The number of allylic oxidation sites excluding steroid dienone is 2. The van der Waals surface area contributed by atoms with E-state index in [0.717, 1.165) is 25.7 Å². The lowest BCUT2D eigenvalue weighted by molar-refractivity contribution is -0.139. The number of carboxylic acids is 1. The number of carbonyl (C=O) groups is 1. The van der Waals surface area contributed by atoms with Crippen LogP contribution in [0, 0.1) is 11.3 Å². The van der Waals surface area contributed by atoms with Gasteiger partial charge in [-0.05, 0) is 37.0 Å². The van der Waals surface area contributed by atoms with Gasteiger partial charge in [-0.3, -0.25) is 4.79 Å².